The predicted molar refractivity (Wildman–Crippen MR) is 102 cm³/mol. The molecule has 0 radical (unpaired) electrons. The normalized spacial score (nSPS) is 11.0. The molecule has 4 rings (SSSR count). The lowest BCUT2D eigenvalue weighted by molar-refractivity contribution is -0.120. The van der Waals surface area contributed by atoms with Crippen LogP contribution in [-0.4, -0.2) is 30.3 Å². The lowest BCUT2D eigenvalue weighted by atomic mass is 10.1. The van der Waals surface area contributed by atoms with Gasteiger partial charge in [0, 0.05) is 35.8 Å². The summed E-state index contributed by atoms with van der Waals surface area (Å²) in [6.45, 7) is 4.32. The molecule has 1 aromatic carbocycles. The molecule has 0 unspecified atom stereocenters. The van der Waals surface area contributed by atoms with Gasteiger partial charge in [-0.3, -0.25) is 4.79 Å². The fraction of sp³-hybridized carbons (Fsp3) is 0.200. The van der Waals surface area contributed by atoms with E-state index < -0.39 is 0 Å². The minimum atomic E-state index is -0.0518. The molecule has 7 nitrogen and oxygen atoms in total. The fourth-order valence-corrected chi connectivity index (χ4v) is 3.17. The van der Waals surface area contributed by atoms with E-state index in [9.17, 15) is 4.79 Å². The third-order valence-corrected chi connectivity index (χ3v) is 4.61. The van der Waals surface area contributed by atoms with E-state index in [1.54, 1.807) is 16.9 Å². The first-order valence-corrected chi connectivity index (χ1v) is 8.78. The minimum absolute atomic E-state index is 0.0518. The van der Waals surface area contributed by atoms with Crippen LogP contribution in [0.1, 0.15) is 22.5 Å². The van der Waals surface area contributed by atoms with Gasteiger partial charge < -0.3 is 5.32 Å². The van der Waals surface area contributed by atoms with Gasteiger partial charge in [-0.1, -0.05) is 18.2 Å². The molecule has 0 bridgehead atoms. The van der Waals surface area contributed by atoms with E-state index in [1.807, 2.05) is 61.1 Å². The lowest BCUT2D eigenvalue weighted by Gasteiger charge is -2.06. The van der Waals surface area contributed by atoms with Crippen LogP contribution in [-0.2, 0) is 17.8 Å². The lowest BCUT2D eigenvalue weighted by Crippen LogP contribution is -2.25. The van der Waals surface area contributed by atoms with E-state index in [2.05, 4.69) is 20.5 Å². The van der Waals surface area contributed by atoms with E-state index in [0.29, 0.717) is 6.54 Å². The van der Waals surface area contributed by atoms with Crippen LogP contribution in [0.5, 0.6) is 0 Å². The van der Waals surface area contributed by atoms with Crippen molar-refractivity contribution in [3.8, 4) is 5.69 Å². The summed E-state index contributed by atoms with van der Waals surface area (Å²) in [7, 11) is 0. The average molecular weight is 360 g/mol. The van der Waals surface area contributed by atoms with Crippen molar-refractivity contribution in [3.05, 3.63) is 77.5 Å². The summed E-state index contributed by atoms with van der Waals surface area (Å²) in [4.78, 5) is 16.8. The molecule has 1 amide bonds. The number of fused-ring (bicyclic) bond motifs is 1. The van der Waals surface area contributed by atoms with E-state index in [-0.39, 0.29) is 12.3 Å². The largest absolute Gasteiger partial charge is 0.352 e. The number of nitrogens with one attached hydrogen (secondary N) is 1. The Morgan fingerprint density at radius 1 is 1.15 bits per heavy atom. The molecule has 0 aliphatic heterocycles. The zero-order valence-corrected chi connectivity index (χ0v) is 15.3. The standard InChI is InChI=1S/C20H20N6O/c1-14-18(15(2)26(24-14)17-7-4-3-5-8-17)11-19(27)22-12-16-13-23-25-10-6-9-21-20(16)25/h3-10,13H,11-12H2,1-2H3,(H,22,27). The highest BCUT2D eigenvalue weighted by Gasteiger charge is 2.16. The summed E-state index contributed by atoms with van der Waals surface area (Å²) in [5, 5.41) is 11.8. The first kappa shape index (κ1) is 17.0. The molecule has 4 aromatic rings. The molecule has 0 atom stereocenters. The van der Waals surface area contributed by atoms with Gasteiger partial charge in [0.15, 0.2) is 5.65 Å². The zero-order chi connectivity index (χ0) is 18.8. The van der Waals surface area contributed by atoms with Gasteiger partial charge in [-0.05, 0) is 32.0 Å². The van der Waals surface area contributed by atoms with Crippen LogP contribution in [0, 0.1) is 13.8 Å². The van der Waals surface area contributed by atoms with Crippen LogP contribution >= 0.6 is 0 Å². The summed E-state index contributed by atoms with van der Waals surface area (Å²) < 4.78 is 3.58. The molecule has 1 N–H and O–H groups in total. The van der Waals surface area contributed by atoms with Crippen LogP contribution < -0.4 is 5.32 Å². The third-order valence-electron chi connectivity index (χ3n) is 4.61. The number of aromatic nitrogens is 5. The maximum Gasteiger partial charge on any atom is 0.224 e. The van der Waals surface area contributed by atoms with Gasteiger partial charge in [0.1, 0.15) is 0 Å². The van der Waals surface area contributed by atoms with Gasteiger partial charge in [0.25, 0.3) is 0 Å². The number of para-hydroxylation sites is 1. The molecule has 0 aliphatic rings. The maximum absolute atomic E-state index is 12.5. The van der Waals surface area contributed by atoms with Crippen molar-refractivity contribution >= 4 is 11.6 Å². The van der Waals surface area contributed by atoms with Crippen molar-refractivity contribution in [1.82, 2.24) is 29.7 Å². The third kappa shape index (κ3) is 3.31. The number of rotatable bonds is 5. The first-order chi connectivity index (χ1) is 13.1. The highest BCUT2D eigenvalue weighted by molar-refractivity contribution is 5.79. The highest BCUT2D eigenvalue weighted by atomic mass is 16.1. The molecule has 0 aliphatic carbocycles. The number of hydrogen-bond acceptors (Lipinski definition) is 4. The van der Waals surface area contributed by atoms with Gasteiger partial charge in [0.2, 0.25) is 5.91 Å². The van der Waals surface area contributed by atoms with Gasteiger partial charge in [0.05, 0.1) is 24.0 Å². The topological polar surface area (TPSA) is 77.1 Å². The number of amides is 1. The molecule has 136 valence electrons. The Balaban J connectivity index is 1.48. The van der Waals surface area contributed by atoms with E-state index >= 15 is 0 Å². The van der Waals surface area contributed by atoms with E-state index in [0.717, 1.165) is 33.8 Å². The fourth-order valence-electron chi connectivity index (χ4n) is 3.17. The second kappa shape index (κ2) is 7.03. The number of nitrogens with zero attached hydrogens (tertiary/aromatic N) is 5. The summed E-state index contributed by atoms with van der Waals surface area (Å²) in [5.74, 6) is -0.0518. The van der Waals surface area contributed by atoms with Crippen LogP contribution in [0.3, 0.4) is 0 Å². The number of carbonyl (C=O) groups excluding carboxylic acids is 1. The SMILES string of the molecule is Cc1nn(-c2ccccc2)c(C)c1CC(=O)NCc1cnn2cccnc12. The molecular formula is C20H20N6O. The molecule has 3 aromatic heterocycles. The van der Waals surface area contributed by atoms with Crippen molar-refractivity contribution < 1.29 is 4.79 Å². The Bertz CT molecular complexity index is 1100. The molecule has 0 spiro atoms. The van der Waals surface area contributed by atoms with Crippen molar-refractivity contribution in [1.29, 1.82) is 0 Å². The second-order valence-electron chi connectivity index (χ2n) is 6.41. The summed E-state index contributed by atoms with van der Waals surface area (Å²) in [6.07, 6.45) is 5.56. The van der Waals surface area contributed by atoms with Crippen LogP contribution in [0.2, 0.25) is 0 Å². The summed E-state index contributed by atoms with van der Waals surface area (Å²) in [5.41, 5.74) is 5.42. The van der Waals surface area contributed by atoms with Gasteiger partial charge in [-0.15, -0.1) is 0 Å². The van der Waals surface area contributed by atoms with E-state index in [1.165, 1.54) is 0 Å². The molecule has 0 saturated heterocycles. The van der Waals surface area contributed by atoms with Crippen molar-refractivity contribution in [3.63, 3.8) is 0 Å². The van der Waals surface area contributed by atoms with Crippen molar-refractivity contribution in [2.45, 2.75) is 26.8 Å². The average Bonchev–Trinajstić information content (AvgIpc) is 3.23. The number of aryl methyl sites for hydroxylation is 1. The van der Waals surface area contributed by atoms with Gasteiger partial charge >= 0.3 is 0 Å². The zero-order valence-electron chi connectivity index (χ0n) is 15.3. The van der Waals surface area contributed by atoms with Crippen LogP contribution in [0.15, 0.2) is 55.0 Å². The van der Waals surface area contributed by atoms with Crippen molar-refractivity contribution in [2.75, 3.05) is 0 Å². The predicted octanol–water partition coefficient (Wildman–Crippen LogP) is 2.39. The Kier molecular flexibility index (Phi) is 4.42. The molecule has 0 fully saturated rings. The van der Waals surface area contributed by atoms with Gasteiger partial charge in [-0.25, -0.2) is 14.2 Å². The molecular weight excluding hydrogens is 340 g/mol. The molecule has 3 heterocycles. The minimum Gasteiger partial charge on any atom is -0.352 e. The van der Waals surface area contributed by atoms with Crippen LogP contribution in [0.25, 0.3) is 11.3 Å². The summed E-state index contributed by atoms with van der Waals surface area (Å²) in [6, 6.07) is 11.7. The molecule has 27 heavy (non-hydrogen) atoms. The molecule has 0 saturated carbocycles. The first-order valence-electron chi connectivity index (χ1n) is 8.78. The number of carbonyl (C=O) groups is 1. The Morgan fingerprint density at radius 3 is 2.78 bits per heavy atom. The van der Waals surface area contributed by atoms with Gasteiger partial charge in [-0.2, -0.15) is 10.2 Å². The van der Waals surface area contributed by atoms with E-state index in [4.69, 9.17) is 0 Å². The Labute approximate surface area is 156 Å². The number of benzene rings is 1. The molecule has 7 heteroatoms. The van der Waals surface area contributed by atoms with Crippen LogP contribution in [0.4, 0.5) is 0 Å². The Morgan fingerprint density at radius 2 is 1.96 bits per heavy atom. The Hall–Kier alpha value is -3.48. The maximum atomic E-state index is 12.5. The monoisotopic (exact) mass is 360 g/mol. The number of hydrogen-bond donors (Lipinski definition) is 1. The highest BCUT2D eigenvalue weighted by Crippen LogP contribution is 2.18. The van der Waals surface area contributed by atoms with Crippen molar-refractivity contribution in [2.24, 2.45) is 0 Å². The smallest absolute Gasteiger partial charge is 0.224 e. The second-order valence-corrected chi connectivity index (χ2v) is 6.41. The summed E-state index contributed by atoms with van der Waals surface area (Å²) >= 11 is 0. The quantitative estimate of drug-likeness (QED) is 0.593.